The standard InChI is InChI=1S/C21H23FN4/c1-4-15(3)23-21-25-19(16-8-6-5-7-9-16)13-20(26-21)24-17-11-10-14(2)18(22)12-17/h5-13,15H,4H2,1-3H3,(H2,23,24,25,26)/t15-/m1/s1. The van der Waals surface area contributed by atoms with E-state index in [4.69, 9.17) is 0 Å². The summed E-state index contributed by atoms with van der Waals surface area (Å²) in [5.74, 6) is 0.925. The highest BCUT2D eigenvalue weighted by Gasteiger charge is 2.09. The average molecular weight is 350 g/mol. The van der Waals surface area contributed by atoms with Crippen molar-refractivity contribution in [1.82, 2.24) is 9.97 Å². The molecule has 0 aliphatic carbocycles. The van der Waals surface area contributed by atoms with E-state index in [2.05, 4.69) is 34.4 Å². The van der Waals surface area contributed by atoms with Crippen LogP contribution in [0.15, 0.2) is 54.6 Å². The Kier molecular flexibility index (Phi) is 5.46. The molecule has 0 aliphatic rings. The molecule has 0 amide bonds. The van der Waals surface area contributed by atoms with Gasteiger partial charge in [-0.3, -0.25) is 0 Å². The first-order valence-electron chi connectivity index (χ1n) is 8.79. The minimum atomic E-state index is -0.245. The summed E-state index contributed by atoms with van der Waals surface area (Å²) in [6, 6.07) is 17.1. The van der Waals surface area contributed by atoms with Crippen LogP contribution in [0.25, 0.3) is 11.3 Å². The minimum absolute atomic E-state index is 0.245. The summed E-state index contributed by atoms with van der Waals surface area (Å²) < 4.78 is 13.8. The van der Waals surface area contributed by atoms with E-state index < -0.39 is 0 Å². The molecule has 26 heavy (non-hydrogen) atoms. The first kappa shape index (κ1) is 17.9. The number of halogens is 1. The number of nitrogens with zero attached hydrogens (tertiary/aromatic N) is 2. The maximum atomic E-state index is 13.8. The summed E-state index contributed by atoms with van der Waals surface area (Å²) >= 11 is 0. The van der Waals surface area contributed by atoms with E-state index in [0.29, 0.717) is 23.0 Å². The Balaban J connectivity index is 1.97. The number of aromatic nitrogens is 2. The predicted molar refractivity (Wildman–Crippen MR) is 105 cm³/mol. The van der Waals surface area contributed by atoms with Gasteiger partial charge in [0.2, 0.25) is 5.95 Å². The first-order valence-corrected chi connectivity index (χ1v) is 8.79. The molecule has 0 saturated carbocycles. The summed E-state index contributed by atoms with van der Waals surface area (Å²) in [5, 5.41) is 6.49. The van der Waals surface area contributed by atoms with Gasteiger partial charge >= 0.3 is 0 Å². The molecule has 1 aromatic heterocycles. The van der Waals surface area contributed by atoms with E-state index in [9.17, 15) is 4.39 Å². The monoisotopic (exact) mass is 350 g/mol. The quantitative estimate of drug-likeness (QED) is 0.612. The van der Waals surface area contributed by atoms with Crippen molar-refractivity contribution in [2.75, 3.05) is 10.6 Å². The first-order chi connectivity index (χ1) is 12.5. The molecule has 3 aromatic rings. The van der Waals surface area contributed by atoms with Crippen molar-refractivity contribution in [3.05, 3.63) is 66.0 Å². The molecule has 2 aromatic carbocycles. The van der Waals surface area contributed by atoms with Crippen LogP contribution in [0.5, 0.6) is 0 Å². The molecule has 0 bridgehead atoms. The predicted octanol–water partition coefficient (Wildman–Crippen LogP) is 5.55. The Hall–Kier alpha value is -2.95. The normalized spacial score (nSPS) is 11.8. The van der Waals surface area contributed by atoms with Gasteiger partial charge in [-0.15, -0.1) is 0 Å². The lowest BCUT2D eigenvalue weighted by Crippen LogP contribution is -2.16. The lowest BCUT2D eigenvalue weighted by Gasteiger charge is -2.15. The second-order valence-corrected chi connectivity index (χ2v) is 6.37. The van der Waals surface area contributed by atoms with Crippen LogP contribution in [0.1, 0.15) is 25.8 Å². The number of nitrogens with one attached hydrogen (secondary N) is 2. The van der Waals surface area contributed by atoms with Gasteiger partial charge in [0.05, 0.1) is 5.69 Å². The molecule has 3 rings (SSSR count). The fraction of sp³-hybridized carbons (Fsp3) is 0.238. The Morgan fingerprint density at radius 3 is 2.50 bits per heavy atom. The van der Waals surface area contributed by atoms with Crippen molar-refractivity contribution in [1.29, 1.82) is 0 Å². The summed E-state index contributed by atoms with van der Waals surface area (Å²) in [4.78, 5) is 9.17. The van der Waals surface area contributed by atoms with Crippen molar-refractivity contribution < 1.29 is 4.39 Å². The molecule has 0 unspecified atom stereocenters. The number of hydrogen-bond donors (Lipinski definition) is 2. The molecule has 0 saturated heterocycles. The second kappa shape index (κ2) is 7.95. The second-order valence-electron chi connectivity index (χ2n) is 6.37. The largest absolute Gasteiger partial charge is 0.352 e. The number of rotatable bonds is 6. The summed E-state index contributed by atoms with van der Waals surface area (Å²) in [7, 11) is 0. The van der Waals surface area contributed by atoms with Crippen LogP contribution in [0.3, 0.4) is 0 Å². The lowest BCUT2D eigenvalue weighted by molar-refractivity contribution is 0.619. The third-order valence-electron chi connectivity index (χ3n) is 4.23. The number of benzene rings is 2. The van der Waals surface area contributed by atoms with Crippen molar-refractivity contribution in [3.63, 3.8) is 0 Å². The molecule has 0 fully saturated rings. The Morgan fingerprint density at radius 1 is 1.04 bits per heavy atom. The van der Waals surface area contributed by atoms with E-state index in [-0.39, 0.29) is 11.9 Å². The van der Waals surface area contributed by atoms with Gasteiger partial charge in [-0.2, -0.15) is 4.98 Å². The topological polar surface area (TPSA) is 49.8 Å². The van der Waals surface area contributed by atoms with Gasteiger partial charge in [0.25, 0.3) is 0 Å². The number of hydrogen-bond acceptors (Lipinski definition) is 4. The van der Waals surface area contributed by atoms with E-state index in [1.165, 1.54) is 6.07 Å². The molecule has 0 aliphatic heterocycles. The van der Waals surface area contributed by atoms with Gasteiger partial charge in [-0.25, -0.2) is 9.37 Å². The van der Waals surface area contributed by atoms with Gasteiger partial charge in [-0.1, -0.05) is 43.3 Å². The van der Waals surface area contributed by atoms with Crippen LogP contribution in [0.2, 0.25) is 0 Å². The van der Waals surface area contributed by atoms with Gasteiger partial charge in [0, 0.05) is 23.4 Å². The van der Waals surface area contributed by atoms with E-state index in [1.54, 1.807) is 13.0 Å². The van der Waals surface area contributed by atoms with Crippen LogP contribution in [0, 0.1) is 12.7 Å². The molecule has 2 N–H and O–H groups in total. The van der Waals surface area contributed by atoms with Crippen LogP contribution in [-0.2, 0) is 0 Å². The Bertz CT molecular complexity index is 880. The molecule has 5 heteroatoms. The Labute approximate surface area is 153 Å². The maximum Gasteiger partial charge on any atom is 0.225 e. The zero-order valence-electron chi connectivity index (χ0n) is 15.3. The Morgan fingerprint density at radius 2 is 1.81 bits per heavy atom. The molecular formula is C21H23FN4. The van der Waals surface area contributed by atoms with E-state index in [0.717, 1.165) is 17.7 Å². The van der Waals surface area contributed by atoms with Crippen molar-refractivity contribution in [2.24, 2.45) is 0 Å². The summed E-state index contributed by atoms with van der Waals surface area (Å²) in [6.45, 7) is 5.93. The van der Waals surface area contributed by atoms with Crippen molar-refractivity contribution in [2.45, 2.75) is 33.2 Å². The summed E-state index contributed by atoms with van der Waals surface area (Å²) in [6.07, 6.45) is 0.963. The molecule has 134 valence electrons. The van der Waals surface area contributed by atoms with Crippen molar-refractivity contribution in [3.8, 4) is 11.3 Å². The number of anilines is 3. The highest BCUT2D eigenvalue weighted by atomic mass is 19.1. The van der Waals surface area contributed by atoms with Gasteiger partial charge in [-0.05, 0) is 38.0 Å². The zero-order chi connectivity index (χ0) is 18.5. The fourth-order valence-electron chi connectivity index (χ4n) is 2.47. The smallest absolute Gasteiger partial charge is 0.225 e. The maximum absolute atomic E-state index is 13.8. The molecule has 0 radical (unpaired) electrons. The molecule has 4 nitrogen and oxygen atoms in total. The SMILES string of the molecule is CC[C@@H](C)Nc1nc(Nc2ccc(C)c(F)c2)cc(-c2ccccc2)n1. The summed E-state index contributed by atoms with van der Waals surface area (Å²) in [5.41, 5.74) is 3.07. The highest BCUT2D eigenvalue weighted by Crippen LogP contribution is 2.24. The third kappa shape index (κ3) is 4.36. The van der Waals surface area contributed by atoms with Crippen LogP contribution in [-0.4, -0.2) is 16.0 Å². The molecular weight excluding hydrogens is 327 g/mol. The molecule has 1 heterocycles. The van der Waals surface area contributed by atoms with Gasteiger partial charge in [0.15, 0.2) is 0 Å². The molecule has 0 spiro atoms. The average Bonchev–Trinajstić information content (AvgIpc) is 2.65. The third-order valence-corrected chi connectivity index (χ3v) is 4.23. The lowest BCUT2D eigenvalue weighted by atomic mass is 10.1. The van der Waals surface area contributed by atoms with Crippen LogP contribution >= 0.6 is 0 Å². The fourth-order valence-corrected chi connectivity index (χ4v) is 2.47. The minimum Gasteiger partial charge on any atom is -0.352 e. The number of aryl methyl sites for hydroxylation is 1. The van der Waals surface area contributed by atoms with E-state index >= 15 is 0 Å². The van der Waals surface area contributed by atoms with E-state index in [1.807, 2.05) is 42.5 Å². The van der Waals surface area contributed by atoms with Gasteiger partial charge < -0.3 is 10.6 Å². The van der Waals surface area contributed by atoms with Crippen LogP contribution in [0.4, 0.5) is 21.8 Å². The zero-order valence-corrected chi connectivity index (χ0v) is 15.3. The van der Waals surface area contributed by atoms with Crippen LogP contribution < -0.4 is 10.6 Å². The van der Waals surface area contributed by atoms with Crippen molar-refractivity contribution >= 4 is 17.5 Å². The highest BCUT2D eigenvalue weighted by molar-refractivity contribution is 5.67. The molecule has 1 atom stereocenters. The van der Waals surface area contributed by atoms with Gasteiger partial charge in [0.1, 0.15) is 11.6 Å².